The van der Waals surface area contributed by atoms with Crippen LogP contribution in [0.4, 0.5) is 0 Å². The van der Waals surface area contributed by atoms with Gasteiger partial charge in [0, 0.05) is 25.8 Å². The largest absolute Gasteiger partial charge is 0.375 e. The first-order valence-electron chi connectivity index (χ1n) is 8.16. The van der Waals surface area contributed by atoms with Crippen LogP contribution in [-0.4, -0.2) is 32.1 Å². The second-order valence-electron chi connectivity index (χ2n) is 6.67. The lowest BCUT2D eigenvalue weighted by molar-refractivity contribution is -0.0815. The summed E-state index contributed by atoms with van der Waals surface area (Å²) >= 11 is 0. The molecule has 0 aromatic carbocycles. The van der Waals surface area contributed by atoms with Crippen LogP contribution in [0.25, 0.3) is 0 Å². The monoisotopic (exact) mass is 302 g/mol. The van der Waals surface area contributed by atoms with Gasteiger partial charge in [-0.05, 0) is 31.2 Å². The van der Waals surface area contributed by atoms with Crippen LogP contribution in [0, 0.1) is 0 Å². The highest BCUT2D eigenvalue weighted by atomic mass is 16.5. The van der Waals surface area contributed by atoms with Crippen molar-refractivity contribution in [2.75, 3.05) is 6.61 Å². The van der Waals surface area contributed by atoms with E-state index >= 15 is 0 Å². The van der Waals surface area contributed by atoms with Crippen LogP contribution < -0.4 is 0 Å². The highest BCUT2D eigenvalue weighted by Gasteiger charge is 2.41. The summed E-state index contributed by atoms with van der Waals surface area (Å²) in [6, 6.07) is 0. The highest BCUT2D eigenvalue weighted by Crippen LogP contribution is 2.44. The molecule has 1 aliphatic heterocycles. The number of ether oxygens (including phenoxy) is 1. The van der Waals surface area contributed by atoms with E-state index in [1.54, 1.807) is 4.68 Å². The van der Waals surface area contributed by atoms with Gasteiger partial charge in [-0.1, -0.05) is 18.0 Å². The number of nitrogens with zero attached hydrogens (tertiary/aromatic N) is 4. The lowest BCUT2D eigenvalue weighted by Gasteiger charge is -2.37. The minimum atomic E-state index is 0.0903. The van der Waals surface area contributed by atoms with Crippen molar-refractivity contribution in [2.24, 2.45) is 7.05 Å². The summed E-state index contributed by atoms with van der Waals surface area (Å²) in [7, 11) is 1.91. The van der Waals surface area contributed by atoms with E-state index in [1.165, 1.54) is 25.7 Å². The number of aryl methyl sites for hydroxylation is 1. The highest BCUT2D eigenvalue weighted by molar-refractivity contribution is 5.11. The van der Waals surface area contributed by atoms with Gasteiger partial charge < -0.3 is 9.26 Å². The van der Waals surface area contributed by atoms with Gasteiger partial charge in [-0.25, -0.2) is 0 Å². The summed E-state index contributed by atoms with van der Waals surface area (Å²) in [5.41, 5.74) is 1.18. The molecule has 1 spiro atoms. The Labute approximate surface area is 129 Å². The van der Waals surface area contributed by atoms with Crippen LogP contribution in [-0.2, 0) is 18.2 Å². The fourth-order valence-corrected chi connectivity index (χ4v) is 3.86. The molecule has 22 heavy (non-hydrogen) atoms. The van der Waals surface area contributed by atoms with E-state index in [1.807, 2.05) is 19.4 Å². The average Bonchev–Trinajstić information content (AvgIpc) is 3.23. The molecule has 1 aliphatic carbocycles. The van der Waals surface area contributed by atoms with E-state index in [0.717, 1.165) is 30.8 Å². The Hall–Kier alpha value is -1.69. The van der Waals surface area contributed by atoms with Crippen LogP contribution in [0.2, 0.25) is 0 Å². The molecule has 0 amide bonds. The number of hydrogen-bond acceptors (Lipinski definition) is 5. The molecule has 0 bridgehead atoms. The second kappa shape index (κ2) is 5.50. The Kier molecular flexibility index (Phi) is 3.48. The lowest BCUT2D eigenvalue weighted by atomic mass is 9.84. The minimum absolute atomic E-state index is 0.0903. The van der Waals surface area contributed by atoms with Crippen LogP contribution in [0.3, 0.4) is 0 Å². The number of aromatic nitrogens is 4. The van der Waals surface area contributed by atoms with Gasteiger partial charge in [-0.3, -0.25) is 4.68 Å². The predicted octanol–water partition coefficient (Wildman–Crippen LogP) is 2.60. The zero-order chi connectivity index (χ0) is 15.0. The molecule has 0 unspecified atom stereocenters. The zero-order valence-corrected chi connectivity index (χ0v) is 13.0. The number of rotatable bonds is 3. The minimum Gasteiger partial charge on any atom is -0.375 e. The van der Waals surface area contributed by atoms with Crippen molar-refractivity contribution < 1.29 is 9.26 Å². The van der Waals surface area contributed by atoms with Crippen molar-refractivity contribution in [1.29, 1.82) is 0 Å². The standard InChI is InChI=1S/C16H22N4O2/c1-20-11-12(10-17-20)8-14-18-15(19-22-14)13-4-7-21-16(9-13)5-2-3-6-16/h10-11,13H,2-9H2,1H3/t13-/m0/s1. The summed E-state index contributed by atoms with van der Waals surface area (Å²) in [5, 5.41) is 8.40. The molecule has 1 atom stereocenters. The molecular weight excluding hydrogens is 280 g/mol. The van der Waals surface area contributed by atoms with Crippen molar-refractivity contribution in [3.63, 3.8) is 0 Å². The van der Waals surface area contributed by atoms with Gasteiger partial charge in [-0.15, -0.1) is 0 Å². The maximum Gasteiger partial charge on any atom is 0.231 e. The van der Waals surface area contributed by atoms with E-state index in [2.05, 4.69) is 15.2 Å². The van der Waals surface area contributed by atoms with Crippen molar-refractivity contribution >= 4 is 0 Å². The lowest BCUT2D eigenvalue weighted by Crippen LogP contribution is -2.36. The Morgan fingerprint density at radius 3 is 3.00 bits per heavy atom. The Balaban J connectivity index is 1.46. The van der Waals surface area contributed by atoms with Gasteiger partial charge in [-0.2, -0.15) is 10.1 Å². The molecule has 2 aliphatic rings. The van der Waals surface area contributed by atoms with Gasteiger partial charge in [0.05, 0.1) is 18.2 Å². The molecule has 0 radical (unpaired) electrons. The first-order valence-corrected chi connectivity index (χ1v) is 8.16. The number of hydrogen-bond donors (Lipinski definition) is 0. The smallest absolute Gasteiger partial charge is 0.231 e. The molecule has 4 rings (SSSR count). The molecule has 6 heteroatoms. The maximum atomic E-state index is 6.09. The van der Waals surface area contributed by atoms with Crippen molar-refractivity contribution in [3.8, 4) is 0 Å². The Bertz CT molecular complexity index is 642. The first-order chi connectivity index (χ1) is 10.7. The SMILES string of the molecule is Cn1cc(Cc2nc([C@H]3CCOC4(CCCC4)C3)no2)cn1. The predicted molar refractivity (Wildman–Crippen MR) is 79.4 cm³/mol. The van der Waals surface area contributed by atoms with E-state index < -0.39 is 0 Å². The second-order valence-corrected chi connectivity index (χ2v) is 6.67. The molecule has 1 saturated heterocycles. The van der Waals surface area contributed by atoms with Gasteiger partial charge in [0.15, 0.2) is 5.82 Å². The summed E-state index contributed by atoms with van der Waals surface area (Å²) < 4.78 is 13.3. The normalized spacial score (nSPS) is 24.1. The third kappa shape index (κ3) is 2.67. The third-order valence-corrected chi connectivity index (χ3v) is 4.97. The van der Waals surface area contributed by atoms with Crippen LogP contribution in [0.1, 0.15) is 61.7 Å². The van der Waals surface area contributed by atoms with E-state index in [9.17, 15) is 0 Å². The molecular formula is C16H22N4O2. The van der Waals surface area contributed by atoms with Crippen LogP contribution >= 0.6 is 0 Å². The summed E-state index contributed by atoms with van der Waals surface area (Å²) in [6.45, 7) is 0.817. The average molecular weight is 302 g/mol. The summed E-state index contributed by atoms with van der Waals surface area (Å²) in [6.07, 6.45) is 11.4. The molecule has 2 aromatic rings. The fourth-order valence-electron chi connectivity index (χ4n) is 3.86. The molecule has 1 saturated carbocycles. The quantitative estimate of drug-likeness (QED) is 0.872. The van der Waals surface area contributed by atoms with E-state index in [-0.39, 0.29) is 5.60 Å². The third-order valence-electron chi connectivity index (χ3n) is 4.97. The Morgan fingerprint density at radius 2 is 2.23 bits per heavy atom. The van der Waals surface area contributed by atoms with Crippen molar-refractivity contribution in [3.05, 3.63) is 29.7 Å². The molecule has 2 aromatic heterocycles. The van der Waals surface area contributed by atoms with Crippen LogP contribution in [0.5, 0.6) is 0 Å². The topological polar surface area (TPSA) is 66.0 Å². The van der Waals surface area contributed by atoms with Gasteiger partial charge >= 0.3 is 0 Å². The molecule has 0 N–H and O–H groups in total. The van der Waals surface area contributed by atoms with Crippen molar-refractivity contribution in [2.45, 2.75) is 56.5 Å². The van der Waals surface area contributed by atoms with Gasteiger partial charge in [0.2, 0.25) is 5.89 Å². The first kappa shape index (κ1) is 13.9. The van der Waals surface area contributed by atoms with Crippen molar-refractivity contribution in [1.82, 2.24) is 19.9 Å². The Morgan fingerprint density at radius 1 is 1.36 bits per heavy atom. The summed E-state index contributed by atoms with van der Waals surface area (Å²) in [4.78, 5) is 4.62. The molecule has 2 fully saturated rings. The molecule has 3 heterocycles. The summed E-state index contributed by atoms with van der Waals surface area (Å²) in [5.74, 6) is 1.90. The van der Waals surface area contributed by atoms with E-state index in [4.69, 9.17) is 9.26 Å². The van der Waals surface area contributed by atoms with Crippen LogP contribution in [0.15, 0.2) is 16.9 Å². The maximum absolute atomic E-state index is 6.09. The van der Waals surface area contributed by atoms with E-state index in [0.29, 0.717) is 18.2 Å². The zero-order valence-electron chi connectivity index (χ0n) is 13.0. The molecule has 6 nitrogen and oxygen atoms in total. The van der Waals surface area contributed by atoms with Gasteiger partial charge in [0.25, 0.3) is 0 Å². The molecule has 118 valence electrons. The fraction of sp³-hybridized carbons (Fsp3) is 0.688. The van der Waals surface area contributed by atoms with Gasteiger partial charge in [0.1, 0.15) is 0 Å².